The lowest BCUT2D eigenvalue weighted by atomic mass is 9.90. The van der Waals surface area contributed by atoms with Crippen molar-refractivity contribution in [3.05, 3.63) is 11.8 Å². The van der Waals surface area contributed by atoms with Gasteiger partial charge in [0.1, 0.15) is 5.82 Å². The molecular weight excluding hydrogens is 152 g/mol. The van der Waals surface area contributed by atoms with Crippen molar-refractivity contribution in [3.8, 4) is 0 Å². The average Bonchev–Trinajstić information content (AvgIpc) is 2.33. The predicted molar refractivity (Wildman–Crippen MR) is 49.7 cm³/mol. The van der Waals surface area contributed by atoms with Crippen LogP contribution in [0.5, 0.6) is 0 Å². The fourth-order valence-electron chi connectivity index (χ4n) is 0.917. The topological polar surface area (TPSA) is 69.9 Å². The van der Waals surface area contributed by atoms with Gasteiger partial charge in [-0.05, 0) is 0 Å². The first kappa shape index (κ1) is 9.06. The van der Waals surface area contributed by atoms with Gasteiger partial charge in [-0.3, -0.25) is 4.68 Å². The van der Waals surface area contributed by atoms with Gasteiger partial charge in [-0.25, -0.2) is 0 Å². The fourth-order valence-corrected chi connectivity index (χ4v) is 0.917. The standard InChI is InChI=1S/C8H16N4/c1-8(2,5-9)6-4-7(10)12(3)11-6/h4H,5,9-10H2,1-3H3. The lowest BCUT2D eigenvalue weighted by Gasteiger charge is -2.18. The van der Waals surface area contributed by atoms with Crippen molar-refractivity contribution in [2.24, 2.45) is 12.8 Å². The van der Waals surface area contributed by atoms with Gasteiger partial charge in [0, 0.05) is 25.1 Å². The molecule has 0 aliphatic rings. The SMILES string of the molecule is Cn1nc(C(C)(C)CN)cc1N. The number of anilines is 1. The number of hydrogen-bond acceptors (Lipinski definition) is 3. The maximum Gasteiger partial charge on any atom is 0.121 e. The molecule has 0 spiro atoms. The first-order chi connectivity index (χ1) is 5.47. The summed E-state index contributed by atoms with van der Waals surface area (Å²) in [5.74, 6) is 0.673. The van der Waals surface area contributed by atoms with Crippen molar-refractivity contribution in [1.82, 2.24) is 9.78 Å². The third-order valence-electron chi connectivity index (χ3n) is 2.12. The molecule has 0 atom stereocenters. The number of aryl methyl sites for hydroxylation is 1. The molecule has 4 heteroatoms. The van der Waals surface area contributed by atoms with E-state index in [0.717, 1.165) is 5.69 Å². The largest absolute Gasteiger partial charge is 0.384 e. The van der Waals surface area contributed by atoms with Crippen molar-refractivity contribution in [3.63, 3.8) is 0 Å². The molecule has 12 heavy (non-hydrogen) atoms. The second kappa shape index (κ2) is 2.79. The summed E-state index contributed by atoms with van der Waals surface area (Å²) in [4.78, 5) is 0. The van der Waals surface area contributed by atoms with Crippen LogP contribution >= 0.6 is 0 Å². The van der Waals surface area contributed by atoms with Gasteiger partial charge in [0.05, 0.1) is 5.69 Å². The highest BCUT2D eigenvalue weighted by Crippen LogP contribution is 2.21. The van der Waals surface area contributed by atoms with Crippen LogP contribution in [0.3, 0.4) is 0 Å². The third-order valence-corrected chi connectivity index (χ3v) is 2.12. The van der Waals surface area contributed by atoms with Gasteiger partial charge in [0.2, 0.25) is 0 Å². The van der Waals surface area contributed by atoms with Crippen LogP contribution in [-0.2, 0) is 12.5 Å². The van der Waals surface area contributed by atoms with Gasteiger partial charge in [0.15, 0.2) is 0 Å². The molecule has 0 aliphatic carbocycles. The third kappa shape index (κ3) is 1.43. The van der Waals surface area contributed by atoms with E-state index in [0.29, 0.717) is 12.4 Å². The van der Waals surface area contributed by atoms with E-state index in [1.54, 1.807) is 4.68 Å². The second-order valence-corrected chi connectivity index (χ2v) is 3.67. The molecule has 68 valence electrons. The fraction of sp³-hybridized carbons (Fsp3) is 0.625. The minimum atomic E-state index is -0.0879. The maximum atomic E-state index is 5.65. The summed E-state index contributed by atoms with van der Waals surface area (Å²) in [5.41, 5.74) is 12.1. The molecule has 0 saturated carbocycles. The Hall–Kier alpha value is -1.03. The van der Waals surface area contributed by atoms with E-state index in [1.807, 2.05) is 13.1 Å². The maximum absolute atomic E-state index is 5.65. The Morgan fingerprint density at radius 1 is 1.58 bits per heavy atom. The van der Waals surface area contributed by atoms with E-state index >= 15 is 0 Å². The van der Waals surface area contributed by atoms with Crippen LogP contribution in [0.2, 0.25) is 0 Å². The summed E-state index contributed by atoms with van der Waals surface area (Å²) in [6.07, 6.45) is 0. The predicted octanol–water partition coefficient (Wildman–Crippen LogP) is 0.239. The molecule has 0 bridgehead atoms. The van der Waals surface area contributed by atoms with Crippen molar-refractivity contribution >= 4 is 5.82 Å². The quantitative estimate of drug-likeness (QED) is 0.664. The van der Waals surface area contributed by atoms with Gasteiger partial charge in [-0.2, -0.15) is 5.10 Å². The second-order valence-electron chi connectivity index (χ2n) is 3.67. The molecule has 4 nitrogen and oxygen atoms in total. The Kier molecular flexibility index (Phi) is 2.10. The molecule has 0 unspecified atom stereocenters. The molecule has 0 fully saturated rings. The normalized spacial score (nSPS) is 12.0. The van der Waals surface area contributed by atoms with Crippen LogP contribution in [0.4, 0.5) is 5.82 Å². The zero-order chi connectivity index (χ0) is 9.35. The molecule has 0 saturated heterocycles. The van der Waals surface area contributed by atoms with E-state index in [9.17, 15) is 0 Å². The van der Waals surface area contributed by atoms with Crippen molar-refractivity contribution < 1.29 is 0 Å². The molecule has 0 aliphatic heterocycles. The Labute approximate surface area is 72.5 Å². The van der Waals surface area contributed by atoms with E-state index < -0.39 is 0 Å². The highest BCUT2D eigenvalue weighted by molar-refractivity contribution is 5.33. The van der Waals surface area contributed by atoms with Crippen LogP contribution < -0.4 is 11.5 Å². The van der Waals surface area contributed by atoms with Crippen LogP contribution in [0.25, 0.3) is 0 Å². The van der Waals surface area contributed by atoms with E-state index in [1.165, 1.54) is 0 Å². The lowest BCUT2D eigenvalue weighted by molar-refractivity contribution is 0.511. The number of nitrogens with two attached hydrogens (primary N) is 2. The number of hydrogen-bond donors (Lipinski definition) is 2. The number of rotatable bonds is 2. The van der Waals surface area contributed by atoms with Crippen molar-refractivity contribution in [1.29, 1.82) is 0 Å². The monoisotopic (exact) mass is 168 g/mol. The Balaban J connectivity index is 3.04. The van der Waals surface area contributed by atoms with Crippen LogP contribution in [0.15, 0.2) is 6.07 Å². The lowest BCUT2D eigenvalue weighted by Crippen LogP contribution is -2.28. The zero-order valence-electron chi connectivity index (χ0n) is 7.83. The van der Waals surface area contributed by atoms with Gasteiger partial charge in [-0.1, -0.05) is 13.8 Å². The minimum Gasteiger partial charge on any atom is -0.384 e. The van der Waals surface area contributed by atoms with Crippen molar-refractivity contribution in [2.75, 3.05) is 12.3 Å². The Morgan fingerprint density at radius 2 is 2.17 bits per heavy atom. The first-order valence-corrected chi connectivity index (χ1v) is 3.97. The molecule has 0 radical (unpaired) electrons. The summed E-state index contributed by atoms with van der Waals surface area (Å²) < 4.78 is 1.66. The van der Waals surface area contributed by atoms with Gasteiger partial charge in [0.25, 0.3) is 0 Å². The summed E-state index contributed by atoms with van der Waals surface area (Å²) in [6.45, 7) is 4.67. The Bertz CT molecular complexity index is 255. The highest BCUT2D eigenvalue weighted by Gasteiger charge is 2.22. The molecule has 1 rings (SSSR count). The summed E-state index contributed by atoms with van der Waals surface area (Å²) >= 11 is 0. The van der Waals surface area contributed by atoms with Gasteiger partial charge in [-0.15, -0.1) is 0 Å². The summed E-state index contributed by atoms with van der Waals surface area (Å²) in [7, 11) is 1.82. The van der Waals surface area contributed by atoms with Crippen LogP contribution in [0.1, 0.15) is 19.5 Å². The zero-order valence-corrected chi connectivity index (χ0v) is 7.83. The van der Waals surface area contributed by atoms with E-state index in [2.05, 4.69) is 18.9 Å². The van der Waals surface area contributed by atoms with Crippen LogP contribution in [0, 0.1) is 0 Å². The Morgan fingerprint density at radius 3 is 2.50 bits per heavy atom. The summed E-state index contributed by atoms with van der Waals surface area (Å²) in [5, 5.41) is 4.26. The van der Waals surface area contributed by atoms with Gasteiger partial charge < -0.3 is 11.5 Å². The first-order valence-electron chi connectivity index (χ1n) is 3.97. The number of nitrogen functional groups attached to an aromatic ring is 1. The van der Waals surface area contributed by atoms with E-state index in [4.69, 9.17) is 11.5 Å². The van der Waals surface area contributed by atoms with Gasteiger partial charge >= 0.3 is 0 Å². The van der Waals surface area contributed by atoms with Crippen LogP contribution in [-0.4, -0.2) is 16.3 Å². The molecule has 0 amide bonds. The molecule has 1 aromatic rings. The summed E-state index contributed by atoms with van der Waals surface area (Å²) in [6, 6.07) is 1.87. The smallest absolute Gasteiger partial charge is 0.121 e. The molecular formula is C8H16N4. The molecule has 4 N–H and O–H groups in total. The molecule has 1 heterocycles. The average molecular weight is 168 g/mol. The van der Waals surface area contributed by atoms with Crippen molar-refractivity contribution in [2.45, 2.75) is 19.3 Å². The number of aromatic nitrogens is 2. The van der Waals surface area contributed by atoms with E-state index in [-0.39, 0.29) is 5.41 Å². The molecule has 0 aromatic carbocycles. The minimum absolute atomic E-state index is 0.0879. The molecule has 1 aromatic heterocycles. The number of nitrogens with zero attached hydrogens (tertiary/aromatic N) is 2. The highest BCUT2D eigenvalue weighted by atomic mass is 15.3.